The van der Waals surface area contributed by atoms with Crippen molar-refractivity contribution in [2.45, 2.75) is 0 Å². The lowest BCUT2D eigenvalue weighted by Crippen LogP contribution is -2.30. The molecule has 0 saturated carbocycles. The molecule has 0 radical (unpaired) electrons. The average Bonchev–Trinajstić information content (AvgIpc) is 3.17. The maximum atomic E-state index is 13.0. The molecular formula is C24H18BrN3O2. The number of hydrogen-bond acceptors (Lipinski definition) is 2. The molecule has 3 N–H and O–H groups in total. The Balaban J connectivity index is 1.68. The lowest BCUT2D eigenvalue weighted by Gasteiger charge is -2.11. The SMILES string of the molecule is O=C(Nc1cccc(Br)c1)/C(=C/c1c[nH]c2ccccc12)NC(=O)c1ccccc1. The molecule has 0 saturated heterocycles. The lowest BCUT2D eigenvalue weighted by molar-refractivity contribution is -0.113. The van der Waals surface area contributed by atoms with Gasteiger partial charge in [0, 0.05) is 38.4 Å². The Hall–Kier alpha value is -3.64. The van der Waals surface area contributed by atoms with E-state index in [0.29, 0.717) is 11.3 Å². The molecule has 1 heterocycles. The first-order chi connectivity index (χ1) is 14.6. The van der Waals surface area contributed by atoms with Gasteiger partial charge in [-0.3, -0.25) is 9.59 Å². The van der Waals surface area contributed by atoms with Crippen LogP contribution in [0.15, 0.2) is 95.2 Å². The number of nitrogens with one attached hydrogen (secondary N) is 3. The molecule has 30 heavy (non-hydrogen) atoms. The number of halogens is 1. The number of para-hydroxylation sites is 1. The number of H-pyrrole nitrogens is 1. The Morgan fingerprint density at radius 2 is 1.67 bits per heavy atom. The van der Waals surface area contributed by atoms with Crippen LogP contribution in [-0.2, 0) is 4.79 Å². The van der Waals surface area contributed by atoms with E-state index in [1.807, 2.05) is 48.7 Å². The van der Waals surface area contributed by atoms with Crippen molar-refractivity contribution in [2.24, 2.45) is 0 Å². The summed E-state index contributed by atoms with van der Waals surface area (Å²) in [6.07, 6.45) is 3.48. The van der Waals surface area contributed by atoms with Gasteiger partial charge in [0.1, 0.15) is 5.70 Å². The molecule has 1 aromatic heterocycles. The molecule has 3 aromatic carbocycles. The minimum absolute atomic E-state index is 0.147. The van der Waals surface area contributed by atoms with E-state index in [1.165, 1.54) is 0 Å². The van der Waals surface area contributed by atoms with Crippen LogP contribution in [0.25, 0.3) is 17.0 Å². The molecule has 2 amide bonds. The molecule has 0 fully saturated rings. The predicted octanol–water partition coefficient (Wildman–Crippen LogP) is 5.34. The highest BCUT2D eigenvalue weighted by Gasteiger charge is 2.16. The number of benzene rings is 3. The summed E-state index contributed by atoms with van der Waals surface area (Å²) in [5.41, 5.74) is 2.99. The van der Waals surface area contributed by atoms with Gasteiger partial charge in [0.25, 0.3) is 11.8 Å². The van der Waals surface area contributed by atoms with E-state index in [2.05, 4.69) is 31.5 Å². The van der Waals surface area contributed by atoms with Crippen LogP contribution in [-0.4, -0.2) is 16.8 Å². The molecule has 6 heteroatoms. The van der Waals surface area contributed by atoms with Gasteiger partial charge in [0.05, 0.1) is 0 Å². The molecular weight excluding hydrogens is 442 g/mol. The third-order valence-corrected chi connectivity index (χ3v) is 5.03. The Labute approximate surface area is 181 Å². The van der Waals surface area contributed by atoms with Crippen molar-refractivity contribution in [3.05, 3.63) is 106 Å². The highest BCUT2D eigenvalue weighted by Crippen LogP contribution is 2.21. The molecule has 0 bridgehead atoms. The van der Waals surface area contributed by atoms with Crippen LogP contribution >= 0.6 is 15.9 Å². The molecule has 5 nitrogen and oxygen atoms in total. The standard InChI is InChI=1S/C24H18BrN3O2/c25-18-9-6-10-19(14-18)27-24(30)22(28-23(29)16-7-2-1-3-8-16)13-17-15-26-21-12-5-4-11-20(17)21/h1-15,26H,(H,27,30)(H,28,29)/b22-13-. The average molecular weight is 460 g/mol. The largest absolute Gasteiger partial charge is 0.361 e. The molecule has 0 atom stereocenters. The molecule has 0 unspecified atom stereocenters. The van der Waals surface area contributed by atoms with Crippen molar-refractivity contribution in [2.75, 3.05) is 5.32 Å². The number of rotatable bonds is 5. The monoisotopic (exact) mass is 459 g/mol. The molecule has 0 aliphatic carbocycles. The van der Waals surface area contributed by atoms with Gasteiger partial charge in [0.2, 0.25) is 0 Å². The van der Waals surface area contributed by atoms with Crippen LogP contribution in [0.1, 0.15) is 15.9 Å². The number of carbonyl (C=O) groups excluding carboxylic acids is 2. The maximum Gasteiger partial charge on any atom is 0.272 e. The summed E-state index contributed by atoms with van der Waals surface area (Å²) in [6, 6.07) is 23.8. The second-order valence-electron chi connectivity index (χ2n) is 6.63. The Morgan fingerprint density at radius 1 is 0.900 bits per heavy atom. The summed E-state index contributed by atoms with van der Waals surface area (Å²) in [4.78, 5) is 28.9. The number of amides is 2. The van der Waals surface area contributed by atoms with E-state index in [-0.39, 0.29) is 11.6 Å². The maximum absolute atomic E-state index is 13.0. The quantitative estimate of drug-likeness (QED) is 0.352. The lowest BCUT2D eigenvalue weighted by atomic mass is 10.1. The second-order valence-corrected chi connectivity index (χ2v) is 7.55. The number of hydrogen-bond donors (Lipinski definition) is 3. The number of fused-ring (bicyclic) bond motifs is 1. The van der Waals surface area contributed by atoms with Crippen LogP contribution in [0.3, 0.4) is 0 Å². The normalized spacial score (nSPS) is 11.3. The molecule has 0 aliphatic heterocycles. The number of anilines is 1. The van der Waals surface area contributed by atoms with Crippen LogP contribution < -0.4 is 10.6 Å². The Morgan fingerprint density at radius 3 is 2.47 bits per heavy atom. The van der Waals surface area contributed by atoms with E-state index >= 15 is 0 Å². The number of carbonyl (C=O) groups is 2. The van der Waals surface area contributed by atoms with Gasteiger partial charge in [0.15, 0.2) is 0 Å². The van der Waals surface area contributed by atoms with Gasteiger partial charge in [-0.25, -0.2) is 0 Å². The van der Waals surface area contributed by atoms with Crippen molar-refractivity contribution >= 4 is 50.4 Å². The summed E-state index contributed by atoms with van der Waals surface area (Å²) < 4.78 is 0.843. The molecule has 4 rings (SSSR count). The van der Waals surface area contributed by atoms with Crippen LogP contribution in [0.2, 0.25) is 0 Å². The minimum Gasteiger partial charge on any atom is -0.361 e. The summed E-state index contributed by atoms with van der Waals surface area (Å²) >= 11 is 3.40. The zero-order valence-electron chi connectivity index (χ0n) is 15.9. The summed E-state index contributed by atoms with van der Waals surface area (Å²) in [5, 5.41) is 6.55. The summed E-state index contributed by atoms with van der Waals surface area (Å²) in [6.45, 7) is 0. The first kappa shape index (κ1) is 19.7. The first-order valence-electron chi connectivity index (χ1n) is 9.31. The van der Waals surface area contributed by atoms with Gasteiger partial charge in [-0.15, -0.1) is 0 Å². The fourth-order valence-electron chi connectivity index (χ4n) is 3.08. The molecule has 0 spiro atoms. The number of aromatic amines is 1. The van der Waals surface area contributed by atoms with Crippen molar-refractivity contribution in [1.29, 1.82) is 0 Å². The van der Waals surface area contributed by atoms with E-state index in [4.69, 9.17) is 0 Å². The molecule has 148 valence electrons. The molecule has 4 aromatic rings. The zero-order valence-corrected chi connectivity index (χ0v) is 17.4. The van der Waals surface area contributed by atoms with Crippen molar-refractivity contribution in [1.82, 2.24) is 10.3 Å². The van der Waals surface area contributed by atoms with E-state index in [9.17, 15) is 9.59 Å². The smallest absolute Gasteiger partial charge is 0.272 e. The fraction of sp³-hybridized carbons (Fsp3) is 0. The van der Waals surface area contributed by atoms with E-state index < -0.39 is 5.91 Å². The van der Waals surface area contributed by atoms with Gasteiger partial charge in [-0.1, -0.05) is 58.4 Å². The van der Waals surface area contributed by atoms with Crippen LogP contribution in [0, 0.1) is 0 Å². The van der Waals surface area contributed by atoms with E-state index in [0.717, 1.165) is 20.9 Å². The second kappa shape index (κ2) is 8.80. The Kier molecular flexibility index (Phi) is 5.77. The van der Waals surface area contributed by atoms with Crippen molar-refractivity contribution in [3.63, 3.8) is 0 Å². The number of aromatic nitrogens is 1. The zero-order chi connectivity index (χ0) is 20.9. The highest BCUT2D eigenvalue weighted by atomic mass is 79.9. The van der Waals surface area contributed by atoms with Gasteiger partial charge in [-0.2, -0.15) is 0 Å². The van der Waals surface area contributed by atoms with Gasteiger partial charge < -0.3 is 15.6 Å². The third kappa shape index (κ3) is 4.50. The third-order valence-electron chi connectivity index (χ3n) is 4.53. The molecule has 0 aliphatic rings. The van der Waals surface area contributed by atoms with E-state index in [1.54, 1.807) is 42.5 Å². The minimum atomic E-state index is -0.414. The predicted molar refractivity (Wildman–Crippen MR) is 123 cm³/mol. The first-order valence-corrected chi connectivity index (χ1v) is 10.1. The summed E-state index contributed by atoms with van der Waals surface area (Å²) in [7, 11) is 0. The highest BCUT2D eigenvalue weighted by molar-refractivity contribution is 9.10. The topological polar surface area (TPSA) is 74.0 Å². The van der Waals surface area contributed by atoms with Crippen molar-refractivity contribution < 1.29 is 9.59 Å². The Bertz CT molecular complexity index is 1250. The van der Waals surface area contributed by atoms with Crippen molar-refractivity contribution in [3.8, 4) is 0 Å². The van der Waals surface area contributed by atoms with Gasteiger partial charge >= 0.3 is 0 Å². The summed E-state index contributed by atoms with van der Waals surface area (Å²) in [5.74, 6) is -0.770. The fourth-order valence-corrected chi connectivity index (χ4v) is 3.48. The van der Waals surface area contributed by atoms with Gasteiger partial charge in [-0.05, 0) is 42.5 Å². The van der Waals surface area contributed by atoms with Crippen LogP contribution in [0.4, 0.5) is 5.69 Å². The van der Waals surface area contributed by atoms with Crippen LogP contribution in [0.5, 0.6) is 0 Å².